The van der Waals surface area contributed by atoms with Crippen LogP contribution in [0.3, 0.4) is 0 Å². The first-order chi connectivity index (χ1) is 15.0. The number of aryl methyl sites for hydroxylation is 2. The van der Waals surface area contributed by atoms with E-state index in [2.05, 4.69) is 12.1 Å². The minimum absolute atomic E-state index is 0.0503. The zero-order valence-electron chi connectivity index (χ0n) is 17.4. The molecule has 0 unspecified atom stereocenters. The fourth-order valence-corrected chi connectivity index (χ4v) is 5.97. The molecule has 164 valence electrons. The summed E-state index contributed by atoms with van der Waals surface area (Å²) in [5.74, 6) is 1.07. The van der Waals surface area contributed by atoms with Gasteiger partial charge in [-0.2, -0.15) is 4.31 Å². The normalized spacial score (nSPS) is 18.6. The number of sulfonamides is 1. The van der Waals surface area contributed by atoms with E-state index in [0.717, 1.165) is 18.4 Å². The van der Waals surface area contributed by atoms with Gasteiger partial charge in [-0.15, -0.1) is 0 Å². The molecule has 0 bridgehead atoms. The lowest BCUT2D eigenvalue weighted by molar-refractivity contribution is -0.131. The molecule has 0 N–H and O–H groups in total. The quantitative estimate of drug-likeness (QED) is 0.724. The first-order valence-corrected chi connectivity index (χ1v) is 12.2. The van der Waals surface area contributed by atoms with Crippen LogP contribution in [0.5, 0.6) is 11.5 Å². The first kappa shape index (κ1) is 20.3. The number of carbonyl (C=O) groups is 1. The number of rotatable bonds is 4. The third-order valence-corrected chi connectivity index (χ3v) is 8.16. The Kier molecular flexibility index (Phi) is 5.35. The molecule has 2 aromatic rings. The zero-order valence-corrected chi connectivity index (χ0v) is 18.2. The highest BCUT2D eigenvalue weighted by Crippen LogP contribution is 2.33. The number of nitrogens with zero attached hydrogens (tertiary/aromatic N) is 2. The van der Waals surface area contributed by atoms with Crippen molar-refractivity contribution in [2.45, 2.75) is 30.6 Å². The van der Waals surface area contributed by atoms with Crippen LogP contribution < -0.4 is 9.47 Å². The molecule has 0 radical (unpaired) electrons. The Morgan fingerprint density at radius 3 is 2.42 bits per heavy atom. The average Bonchev–Trinajstić information content (AvgIpc) is 3.27. The molecule has 0 atom stereocenters. The van der Waals surface area contributed by atoms with E-state index in [1.54, 1.807) is 17.0 Å². The summed E-state index contributed by atoms with van der Waals surface area (Å²) in [5.41, 5.74) is 3.80. The van der Waals surface area contributed by atoms with E-state index in [9.17, 15) is 13.2 Å². The predicted molar refractivity (Wildman–Crippen MR) is 115 cm³/mol. The monoisotopic (exact) mass is 442 g/mol. The van der Waals surface area contributed by atoms with E-state index in [-0.39, 0.29) is 23.9 Å². The molecule has 0 spiro atoms. The Morgan fingerprint density at radius 1 is 0.871 bits per heavy atom. The summed E-state index contributed by atoms with van der Waals surface area (Å²) in [5, 5.41) is 0. The molecule has 1 fully saturated rings. The van der Waals surface area contributed by atoms with E-state index in [1.165, 1.54) is 27.9 Å². The molecule has 7 nitrogen and oxygen atoms in total. The lowest BCUT2D eigenvalue weighted by atomic mass is 10.0. The Morgan fingerprint density at radius 2 is 1.61 bits per heavy atom. The third-order valence-electron chi connectivity index (χ3n) is 6.26. The molecule has 0 aromatic heterocycles. The number of ether oxygens (including phenoxy) is 2. The lowest BCUT2D eigenvalue weighted by Gasteiger charge is -2.34. The highest BCUT2D eigenvalue weighted by molar-refractivity contribution is 7.89. The summed E-state index contributed by atoms with van der Waals surface area (Å²) in [6, 6.07) is 11.1. The minimum atomic E-state index is -3.65. The fraction of sp³-hybridized carbons (Fsp3) is 0.435. The molecule has 0 saturated carbocycles. The topological polar surface area (TPSA) is 76.2 Å². The Balaban J connectivity index is 1.22. The van der Waals surface area contributed by atoms with Crippen LogP contribution in [0, 0.1) is 0 Å². The van der Waals surface area contributed by atoms with Crippen LogP contribution in [0.2, 0.25) is 0 Å². The molecule has 2 aromatic carbocycles. The molecular formula is C23H26N2O5S. The SMILES string of the molecule is O=C(Cc1ccc2c(c1)CCC2)N1CCN(S(=O)(=O)c2ccc3c(c2)OCCO3)CC1. The Bertz CT molecular complexity index is 1110. The van der Waals surface area contributed by atoms with Crippen molar-refractivity contribution in [1.29, 1.82) is 0 Å². The summed E-state index contributed by atoms with van der Waals surface area (Å²) in [7, 11) is -3.65. The van der Waals surface area contributed by atoms with Gasteiger partial charge in [-0.1, -0.05) is 18.2 Å². The molecule has 1 aliphatic carbocycles. The lowest BCUT2D eigenvalue weighted by Crippen LogP contribution is -2.50. The van der Waals surface area contributed by atoms with Crippen molar-refractivity contribution in [1.82, 2.24) is 9.21 Å². The predicted octanol–water partition coefficient (Wildman–Crippen LogP) is 2.02. The van der Waals surface area contributed by atoms with E-state index in [4.69, 9.17) is 9.47 Å². The van der Waals surface area contributed by atoms with Crippen molar-refractivity contribution < 1.29 is 22.7 Å². The maximum atomic E-state index is 13.1. The van der Waals surface area contributed by atoms with Crippen LogP contribution in [0.15, 0.2) is 41.3 Å². The van der Waals surface area contributed by atoms with Crippen molar-refractivity contribution >= 4 is 15.9 Å². The Hall–Kier alpha value is -2.58. The van der Waals surface area contributed by atoms with Gasteiger partial charge in [-0.3, -0.25) is 4.79 Å². The molecule has 2 heterocycles. The second kappa shape index (κ2) is 8.16. The van der Waals surface area contributed by atoms with Gasteiger partial charge >= 0.3 is 0 Å². The highest BCUT2D eigenvalue weighted by atomic mass is 32.2. The molecular weight excluding hydrogens is 416 g/mol. The molecule has 1 amide bonds. The molecule has 5 rings (SSSR count). The van der Waals surface area contributed by atoms with Crippen molar-refractivity contribution in [3.05, 3.63) is 53.1 Å². The van der Waals surface area contributed by atoms with Gasteiger partial charge < -0.3 is 14.4 Å². The number of fused-ring (bicyclic) bond motifs is 2. The molecule has 31 heavy (non-hydrogen) atoms. The van der Waals surface area contributed by atoms with E-state index in [0.29, 0.717) is 44.2 Å². The highest BCUT2D eigenvalue weighted by Gasteiger charge is 2.31. The number of hydrogen-bond acceptors (Lipinski definition) is 5. The van der Waals surface area contributed by atoms with E-state index >= 15 is 0 Å². The smallest absolute Gasteiger partial charge is 0.243 e. The van der Waals surface area contributed by atoms with Crippen LogP contribution in [0.1, 0.15) is 23.1 Å². The van der Waals surface area contributed by atoms with Crippen molar-refractivity contribution in [2.24, 2.45) is 0 Å². The summed E-state index contributed by atoms with van der Waals surface area (Å²) in [4.78, 5) is 14.7. The molecule has 8 heteroatoms. The average molecular weight is 443 g/mol. The van der Waals surface area contributed by atoms with Crippen LogP contribution in [-0.2, 0) is 34.1 Å². The van der Waals surface area contributed by atoms with Crippen molar-refractivity contribution in [3.8, 4) is 11.5 Å². The van der Waals surface area contributed by atoms with Crippen molar-refractivity contribution in [2.75, 3.05) is 39.4 Å². The van der Waals surface area contributed by atoms with Gasteiger partial charge in [0.1, 0.15) is 13.2 Å². The van der Waals surface area contributed by atoms with Crippen LogP contribution in [0.25, 0.3) is 0 Å². The van der Waals surface area contributed by atoms with Crippen LogP contribution >= 0.6 is 0 Å². The maximum Gasteiger partial charge on any atom is 0.243 e. The van der Waals surface area contributed by atoms with E-state index < -0.39 is 10.0 Å². The minimum Gasteiger partial charge on any atom is -0.486 e. The molecule has 2 aliphatic heterocycles. The fourth-order valence-electron chi connectivity index (χ4n) is 4.53. The van der Waals surface area contributed by atoms with Gasteiger partial charge in [0.25, 0.3) is 0 Å². The number of hydrogen-bond donors (Lipinski definition) is 0. The van der Waals surface area contributed by atoms with Crippen LogP contribution in [-0.4, -0.2) is 62.9 Å². The zero-order chi connectivity index (χ0) is 21.4. The number of carbonyl (C=O) groups excluding carboxylic acids is 1. The van der Waals surface area contributed by atoms with Crippen LogP contribution in [0.4, 0.5) is 0 Å². The number of amides is 1. The Labute approximate surface area is 182 Å². The van der Waals surface area contributed by atoms with Gasteiger partial charge in [-0.25, -0.2) is 8.42 Å². The molecule has 1 saturated heterocycles. The van der Waals surface area contributed by atoms with Gasteiger partial charge in [-0.05, 0) is 48.1 Å². The van der Waals surface area contributed by atoms with Gasteiger partial charge in [0.15, 0.2) is 11.5 Å². The maximum absolute atomic E-state index is 13.1. The summed E-state index contributed by atoms with van der Waals surface area (Å²) in [6.07, 6.45) is 3.77. The number of piperazine rings is 1. The van der Waals surface area contributed by atoms with Gasteiger partial charge in [0.2, 0.25) is 15.9 Å². The van der Waals surface area contributed by atoms with Crippen molar-refractivity contribution in [3.63, 3.8) is 0 Å². The molecule has 3 aliphatic rings. The van der Waals surface area contributed by atoms with E-state index in [1.807, 2.05) is 6.07 Å². The standard InChI is InChI=1S/C23H26N2O5S/c26-23(15-17-4-5-18-2-1-3-19(18)14-17)24-8-10-25(11-9-24)31(27,28)20-6-7-21-22(16-20)30-13-12-29-21/h4-7,14,16H,1-3,8-13,15H2. The largest absolute Gasteiger partial charge is 0.486 e. The summed E-state index contributed by atoms with van der Waals surface area (Å²) < 4.78 is 38.6. The second-order valence-electron chi connectivity index (χ2n) is 8.22. The van der Waals surface area contributed by atoms with Gasteiger partial charge in [0, 0.05) is 32.2 Å². The first-order valence-electron chi connectivity index (χ1n) is 10.8. The summed E-state index contributed by atoms with van der Waals surface area (Å²) >= 11 is 0. The third kappa shape index (κ3) is 4.02. The van der Waals surface area contributed by atoms with Gasteiger partial charge in [0.05, 0.1) is 11.3 Å². The summed E-state index contributed by atoms with van der Waals surface area (Å²) in [6.45, 7) is 2.22. The number of benzene rings is 2. The second-order valence-corrected chi connectivity index (χ2v) is 10.2.